The zero-order valence-electron chi connectivity index (χ0n) is 16.4. The molecule has 0 unspecified atom stereocenters. The summed E-state index contributed by atoms with van der Waals surface area (Å²) in [5, 5.41) is 4.30. The number of aryl methyl sites for hydroxylation is 2. The summed E-state index contributed by atoms with van der Waals surface area (Å²) in [6.07, 6.45) is 0.833. The lowest BCUT2D eigenvalue weighted by Gasteiger charge is -2.35. The molecule has 1 fully saturated rings. The molecule has 0 spiro atoms. The van der Waals surface area contributed by atoms with Crippen LogP contribution < -0.4 is 4.90 Å². The predicted molar refractivity (Wildman–Crippen MR) is 98.6 cm³/mol. The van der Waals surface area contributed by atoms with Crippen molar-refractivity contribution in [2.75, 3.05) is 31.1 Å². The number of carbonyl (C=O) groups excluding carboxylic acids is 1. The van der Waals surface area contributed by atoms with Crippen molar-refractivity contribution < 1.29 is 13.9 Å². The van der Waals surface area contributed by atoms with E-state index < -0.39 is 11.4 Å². The van der Waals surface area contributed by atoms with E-state index in [0.717, 1.165) is 17.6 Å². The lowest BCUT2D eigenvalue weighted by Crippen LogP contribution is -2.50. The Morgan fingerprint density at radius 2 is 1.85 bits per heavy atom. The van der Waals surface area contributed by atoms with E-state index in [2.05, 4.69) is 15.1 Å². The fraction of sp³-hybridized carbons (Fsp3) is 0.556. The van der Waals surface area contributed by atoms with E-state index in [4.69, 9.17) is 4.74 Å². The zero-order chi connectivity index (χ0) is 19.8. The average molecular weight is 376 g/mol. The Kier molecular flexibility index (Phi) is 5.03. The topological polar surface area (TPSA) is 76.4 Å². The van der Waals surface area contributed by atoms with E-state index >= 15 is 0 Å². The van der Waals surface area contributed by atoms with Crippen LogP contribution in [0.2, 0.25) is 0 Å². The van der Waals surface area contributed by atoms with Gasteiger partial charge in [-0.25, -0.2) is 18.9 Å². The molecule has 1 aliphatic heterocycles. The molecule has 0 N–H and O–H groups in total. The van der Waals surface area contributed by atoms with Crippen molar-refractivity contribution in [1.82, 2.24) is 24.6 Å². The standard InChI is InChI=1S/C18H25FN6O2/c1-12-10-13(2)25(22-12)15-14(19)11-20-16(21-15)23-6-8-24(9-7-23)17(26)27-18(3,4)5/h10-11H,6-9H2,1-5H3. The lowest BCUT2D eigenvalue weighted by atomic mass is 10.2. The Morgan fingerprint density at radius 3 is 2.41 bits per heavy atom. The van der Waals surface area contributed by atoms with Crippen LogP contribution in [0.15, 0.2) is 12.3 Å². The normalized spacial score (nSPS) is 15.2. The van der Waals surface area contributed by atoms with Crippen LogP contribution >= 0.6 is 0 Å². The summed E-state index contributed by atoms with van der Waals surface area (Å²) in [6, 6.07) is 1.86. The number of hydrogen-bond donors (Lipinski definition) is 0. The summed E-state index contributed by atoms with van der Waals surface area (Å²) in [4.78, 5) is 24.3. The quantitative estimate of drug-likeness (QED) is 0.801. The van der Waals surface area contributed by atoms with Crippen LogP contribution in [0.3, 0.4) is 0 Å². The second kappa shape index (κ2) is 7.13. The van der Waals surface area contributed by atoms with Gasteiger partial charge in [-0.15, -0.1) is 0 Å². The van der Waals surface area contributed by atoms with Gasteiger partial charge in [-0.1, -0.05) is 0 Å². The molecule has 1 aliphatic rings. The van der Waals surface area contributed by atoms with Crippen LogP contribution in [0.1, 0.15) is 32.2 Å². The monoisotopic (exact) mass is 376 g/mol. The van der Waals surface area contributed by atoms with Gasteiger partial charge < -0.3 is 14.5 Å². The van der Waals surface area contributed by atoms with Gasteiger partial charge in [0.15, 0.2) is 11.6 Å². The van der Waals surface area contributed by atoms with Gasteiger partial charge >= 0.3 is 6.09 Å². The van der Waals surface area contributed by atoms with Crippen molar-refractivity contribution in [3.05, 3.63) is 29.5 Å². The van der Waals surface area contributed by atoms with Crippen molar-refractivity contribution in [2.45, 2.75) is 40.2 Å². The van der Waals surface area contributed by atoms with Crippen molar-refractivity contribution in [3.63, 3.8) is 0 Å². The number of aromatic nitrogens is 4. The molecule has 0 aromatic carbocycles. The first-order valence-corrected chi connectivity index (χ1v) is 8.93. The Balaban J connectivity index is 1.73. The Hall–Kier alpha value is -2.71. The number of nitrogens with zero attached hydrogens (tertiary/aromatic N) is 6. The highest BCUT2D eigenvalue weighted by molar-refractivity contribution is 5.68. The third-order valence-electron chi connectivity index (χ3n) is 4.14. The van der Waals surface area contributed by atoms with Crippen molar-refractivity contribution in [3.8, 4) is 5.82 Å². The van der Waals surface area contributed by atoms with Crippen LogP contribution in [-0.2, 0) is 4.74 Å². The number of amides is 1. The molecule has 3 rings (SSSR count). The molecule has 0 bridgehead atoms. The first-order valence-electron chi connectivity index (χ1n) is 8.93. The number of ether oxygens (including phenoxy) is 1. The molecule has 2 aromatic rings. The van der Waals surface area contributed by atoms with E-state index in [1.165, 1.54) is 4.68 Å². The smallest absolute Gasteiger partial charge is 0.410 e. The summed E-state index contributed by atoms with van der Waals surface area (Å²) in [6.45, 7) is 11.3. The highest BCUT2D eigenvalue weighted by atomic mass is 19.1. The zero-order valence-corrected chi connectivity index (χ0v) is 16.4. The SMILES string of the molecule is Cc1cc(C)n(-c2nc(N3CCN(C(=O)OC(C)(C)C)CC3)ncc2F)n1. The van der Waals surface area contributed by atoms with E-state index in [1.807, 2.05) is 45.6 Å². The molecule has 0 aliphatic carbocycles. The van der Waals surface area contributed by atoms with Crippen LogP contribution in [0.5, 0.6) is 0 Å². The second-order valence-electron chi connectivity index (χ2n) is 7.63. The Labute approximate surface area is 158 Å². The second-order valence-corrected chi connectivity index (χ2v) is 7.63. The maximum atomic E-state index is 14.3. The minimum atomic E-state index is -0.530. The molecule has 8 nitrogen and oxygen atoms in total. The fourth-order valence-electron chi connectivity index (χ4n) is 2.91. The number of piperazine rings is 1. The Bertz CT molecular complexity index is 837. The van der Waals surface area contributed by atoms with Gasteiger partial charge in [-0.3, -0.25) is 0 Å². The molecule has 0 saturated carbocycles. The first-order chi connectivity index (χ1) is 12.6. The van der Waals surface area contributed by atoms with Crippen LogP contribution in [0, 0.1) is 19.7 Å². The average Bonchev–Trinajstić information content (AvgIpc) is 2.92. The third kappa shape index (κ3) is 4.35. The molecule has 0 radical (unpaired) electrons. The number of anilines is 1. The molecule has 27 heavy (non-hydrogen) atoms. The van der Waals surface area contributed by atoms with Gasteiger partial charge in [0, 0.05) is 31.9 Å². The van der Waals surface area contributed by atoms with Crippen LogP contribution in [-0.4, -0.2) is 62.5 Å². The summed E-state index contributed by atoms with van der Waals surface area (Å²) >= 11 is 0. The van der Waals surface area contributed by atoms with E-state index in [0.29, 0.717) is 32.1 Å². The van der Waals surface area contributed by atoms with Crippen molar-refractivity contribution in [1.29, 1.82) is 0 Å². The van der Waals surface area contributed by atoms with Gasteiger partial charge in [0.1, 0.15) is 5.60 Å². The van der Waals surface area contributed by atoms with Gasteiger partial charge in [0.2, 0.25) is 5.95 Å². The molecule has 0 atom stereocenters. The molecular formula is C18H25FN6O2. The molecular weight excluding hydrogens is 351 g/mol. The van der Waals surface area contributed by atoms with Gasteiger partial charge in [-0.2, -0.15) is 10.1 Å². The van der Waals surface area contributed by atoms with E-state index in [-0.39, 0.29) is 11.9 Å². The largest absolute Gasteiger partial charge is 0.444 e. The fourth-order valence-corrected chi connectivity index (χ4v) is 2.91. The third-order valence-corrected chi connectivity index (χ3v) is 4.14. The van der Waals surface area contributed by atoms with Crippen LogP contribution in [0.25, 0.3) is 5.82 Å². The number of hydrogen-bond acceptors (Lipinski definition) is 6. The molecule has 2 aromatic heterocycles. The summed E-state index contributed by atoms with van der Waals surface area (Å²) < 4.78 is 21.1. The minimum absolute atomic E-state index is 0.125. The number of carbonyl (C=O) groups is 1. The van der Waals surface area contributed by atoms with Crippen LogP contribution in [0.4, 0.5) is 15.1 Å². The summed E-state index contributed by atoms with van der Waals surface area (Å²) in [7, 11) is 0. The van der Waals surface area contributed by atoms with Gasteiger partial charge in [0.25, 0.3) is 0 Å². The molecule has 3 heterocycles. The van der Waals surface area contributed by atoms with Gasteiger partial charge in [-0.05, 0) is 40.7 Å². The van der Waals surface area contributed by atoms with Crippen molar-refractivity contribution in [2.24, 2.45) is 0 Å². The summed E-state index contributed by atoms with van der Waals surface area (Å²) in [5.41, 5.74) is 1.06. The number of rotatable bonds is 2. The molecule has 146 valence electrons. The Morgan fingerprint density at radius 1 is 1.19 bits per heavy atom. The first kappa shape index (κ1) is 19.1. The summed E-state index contributed by atoms with van der Waals surface area (Å²) in [5.74, 6) is 0.0142. The highest BCUT2D eigenvalue weighted by Gasteiger charge is 2.27. The minimum Gasteiger partial charge on any atom is -0.444 e. The number of halogens is 1. The molecule has 9 heteroatoms. The highest BCUT2D eigenvalue weighted by Crippen LogP contribution is 2.19. The molecule has 1 amide bonds. The van der Waals surface area contributed by atoms with Gasteiger partial charge in [0.05, 0.1) is 11.9 Å². The maximum Gasteiger partial charge on any atom is 0.410 e. The van der Waals surface area contributed by atoms with Crippen molar-refractivity contribution >= 4 is 12.0 Å². The van der Waals surface area contributed by atoms with E-state index in [1.54, 1.807) is 4.90 Å². The molecule has 1 saturated heterocycles. The maximum absolute atomic E-state index is 14.3. The lowest BCUT2D eigenvalue weighted by molar-refractivity contribution is 0.0240. The van der Waals surface area contributed by atoms with E-state index in [9.17, 15) is 9.18 Å². The predicted octanol–water partition coefficient (Wildman–Crippen LogP) is 2.48.